The Morgan fingerprint density at radius 2 is 2.20 bits per heavy atom. The number of anilines is 3. The zero-order valence-electron chi connectivity index (χ0n) is 18.7. The number of nitrogens with one attached hydrogen (secondary N) is 1. The van der Waals surface area contributed by atoms with Crippen molar-refractivity contribution in [3.05, 3.63) is 47.9 Å². The number of fused-ring (bicyclic) bond motifs is 3. The van der Waals surface area contributed by atoms with E-state index in [9.17, 15) is 9.59 Å². The molecule has 0 aliphatic carbocycles. The largest absolute Gasteiger partial charge is 0.493 e. The van der Waals surface area contributed by atoms with Gasteiger partial charge in [-0.2, -0.15) is 0 Å². The van der Waals surface area contributed by atoms with Crippen LogP contribution in [0.15, 0.2) is 37.2 Å². The molecule has 0 bridgehead atoms. The number of amides is 1. The van der Waals surface area contributed by atoms with Crippen LogP contribution in [0.1, 0.15) is 9.67 Å². The van der Waals surface area contributed by atoms with E-state index in [0.717, 1.165) is 11.3 Å². The van der Waals surface area contributed by atoms with E-state index in [1.807, 2.05) is 4.90 Å². The summed E-state index contributed by atoms with van der Waals surface area (Å²) >= 11 is 1.16. The summed E-state index contributed by atoms with van der Waals surface area (Å²) in [5.41, 5.74) is 0.487. The van der Waals surface area contributed by atoms with Crippen LogP contribution in [0.5, 0.6) is 11.5 Å². The number of pyridine rings is 2. The van der Waals surface area contributed by atoms with Gasteiger partial charge in [0.25, 0.3) is 0 Å². The lowest BCUT2D eigenvalue weighted by molar-refractivity contribution is -0.127. The molecule has 5 rings (SSSR count). The molecule has 3 aromatic heterocycles. The first-order valence-corrected chi connectivity index (χ1v) is 11.6. The van der Waals surface area contributed by atoms with Gasteiger partial charge in [0.2, 0.25) is 5.91 Å². The highest BCUT2D eigenvalue weighted by molar-refractivity contribution is 7.17. The predicted molar refractivity (Wildman–Crippen MR) is 128 cm³/mol. The predicted octanol–water partition coefficient (Wildman–Crippen LogP) is 2.90. The summed E-state index contributed by atoms with van der Waals surface area (Å²) < 4.78 is 26.8. The van der Waals surface area contributed by atoms with E-state index < -0.39 is 5.82 Å². The minimum atomic E-state index is -0.570. The number of thiazole rings is 1. The Hall–Kier alpha value is -4.06. The third-order valence-electron chi connectivity index (χ3n) is 5.84. The fraction of sp³-hybridized carbons (Fsp3) is 0.261. The summed E-state index contributed by atoms with van der Waals surface area (Å²) in [6.45, 7) is 5.21. The van der Waals surface area contributed by atoms with Crippen LogP contribution in [0.25, 0.3) is 11.3 Å². The molecule has 180 valence electrons. The summed E-state index contributed by atoms with van der Waals surface area (Å²) in [5, 5.41) is 3.46. The van der Waals surface area contributed by atoms with Gasteiger partial charge in [-0.25, -0.2) is 19.3 Å². The van der Waals surface area contributed by atoms with Crippen molar-refractivity contribution >= 4 is 40.3 Å². The maximum Gasteiger partial charge on any atom is 0.246 e. The number of hydrogen-bond acceptors (Lipinski definition) is 10. The molecule has 1 unspecified atom stereocenters. The van der Waals surface area contributed by atoms with E-state index in [1.54, 1.807) is 17.0 Å². The van der Waals surface area contributed by atoms with Crippen LogP contribution in [0.2, 0.25) is 0 Å². The molecule has 10 nitrogen and oxygen atoms in total. The zero-order chi connectivity index (χ0) is 24.5. The molecule has 1 fully saturated rings. The lowest BCUT2D eigenvalue weighted by Gasteiger charge is -2.44. The third-order valence-corrected chi connectivity index (χ3v) is 6.67. The van der Waals surface area contributed by atoms with Crippen molar-refractivity contribution in [1.29, 1.82) is 0 Å². The maximum absolute atomic E-state index is 15.6. The minimum Gasteiger partial charge on any atom is -0.493 e. The number of aromatic nitrogens is 3. The second-order valence-electron chi connectivity index (χ2n) is 7.84. The number of piperazine rings is 1. The molecule has 1 saturated heterocycles. The summed E-state index contributed by atoms with van der Waals surface area (Å²) in [4.78, 5) is 40.2. The highest BCUT2D eigenvalue weighted by Crippen LogP contribution is 2.40. The molecule has 12 heteroatoms. The first kappa shape index (κ1) is 22.7. The smallest absolute Gasteiger partial charge is 0.246 e. The van der Waals surface area contributed by atoms with Crippen molar-refractivity contribution in [3.63, 3.8) is 0 Å². The quantitative estimate of drug-likeness (QED) is 0.407. The fourth-order valence-corrected chi connectivity index (χ4v) is 4.74. The normalized spacial score (nSPS) is 16.6. The van der Waals surface area contributed by atoms with Crippen molar-refractivity contribution in [3.8, 4) is 22.8 Å². The van der Waals surface area contributed by atoms with Crippen molar-refractivity contribution in [1.82, 2.24) is 19.9 Å². The van der Waals surface area contributed by atoms with Gasteiger partial charge in [-0.05, 0) is 18.2 Å². The summed E-state index contributed by atoms with van der Waals surface area (Å²) in [7, 11) is 1.49. The van der Waals surface area contributed by atoms with Crippen LogP contribution >= 0.6 is 11.3 Å². The summed E-state index contributed by atoms with van der Waals surface area (Å²) in [6, 6.07) is 3.16. The number of carbonyl (C=O) groups is 2. The van der Waals surface area contributed by atoms with Crippen molar-refractivity contribution in [2.24, 2.45) is 0 Å². The van der Waals surface area contributed by atoms with Crippen LogP contribution in [0, 0.1) is 5.82 Å². The highest BCUT2D eigenvalue weighted by atomic mass is 32.1. The molecule has 5 heterocycles. The molecule has 1 amide bonds. The number of ether oxygens (including phenoxy) is 2. The number of methoxy groups -OCH3 is 1. The van der Waals surface area contributed by atoms with Crippen molar-refractivity contribution in [2.75, 3.05) is 43.6 Å². The fourth-order valence-electron chi connectivity index (χ4n) is 4.11. The summed E-state index contributed by atoms with van der Waals surface area (Å²) in [6.07, 6.45) is 4.87. The second kappa shape index (κ2) is 9.29. The van der Waals surface area contributed by atoms with Gasteiger partial charge in [0, 0.05) is 25.8 Å². The Morgan fingerprint density at radius 1 is 1.34 bits per heavy atom. The van der Waals surface area contributed by atoms with Gasteiger partial charge in [0.15, 0.2) is 40.4 Å². The number of rotatable bonds is 6. The molecule has 0 aromatic carbocycles. The number of halogens is 1. The molecule has 2 aliphatic heterocycles. The zero-order valence-corrected chi connectivity index (χ0v) is 19.5. The molecule has 0 radical (unpaired) electrons. The Morgan fingerprint density at radius 3 is 2.94 bits per heavy atom. The van der Waals surface area contributed by atoms with Gasteiger partial charge in [0.1, 0.15) is 6.61 Å². The lowest BCUT2D eigenvalue weighted by atomic mass is 10.1. The Kier molecular flexibility index (Phi) is 6.03. The molecular formula is C23H21FN6O4S. The molecule has 1 N–H and O–H groups in total. The van der Waals surface area contributed by atoms with Gasteiger partial charge >= 0.3 is 0 Å². The standard InChI is InChI=1S/C23H21FN6O4S/c1-3-18(32)29-6-7-30-13(10-29)12-34-20-19(24)15(9-25-22(20)30)16-4-5-17(33-2)21(27-16)28-23-26-8-14(11-31)35-23/h3-5,8-9,11,13H,1,6-7,10,12H2,2H3,(H,26,27,28). The molecule has 2 aliphatic rings. The Labute approximate surface area is 204 Å². The van der Waals surface area contributed by atoms with Crippen LogP contribution in [0.3, 0.4) is 0 Å². The molecular weight excluding hydrogens is 475 g/mol. The van der Waals surface area contributed by atoms with E-state index in [2.05, 4.69) is 26.8 Å². The Bertz CT molecular complexity index is 1320. The third kappa shape index (κ3) is 4.16. The van der Waals surface area contributed by atoms with E-state index in [1.165, 1.54) is 25.6 Å². The number of aldehydes is 1. The lowest BCUT2D eigenvalue weighted by Crippen LogP contribution is -2.58. The van der Waals surface area contributed by atoms with Crippen LogP contribution in [0.4, 0.5) is 21.2 Å². The van der Waals surface area contributed by atoms with E-state index >= 15 is 4.39 Å². The molecule has 1 atom stereocenters. The van der Waals surface area contributed by atoms with E-state index in [0.29, 0.717) is 59.0 Å². The summed E-state index contributed by atoms with van der Waals surface area (Å²) in [5.74, 6) is 0.500. The van der Waals surface area contributed by atoms with E-state index in [-0.39, 0.29) is 29.9 Å². The Balaban J connectivity index is 1.44. The van der Waals surface area contributed by atoms with Crippen molar-refractivity contribution in [2.45, 2.75) is 6.04 Å². The van der Waals surface area contributed by atoms with Gasteiger partial charge in [0.05, 0.1) is 35.5 Å². The number of carbonyl (C=O) groups excluding carboxylic acids is 2. The number of hydrogen-bond donors (Lipinski definition) is 1. The van der Waals surface area contributed by atoms with Gasteiger partial charge in [-0.1, -0.05) is 17.9 Å². The van der Waals surface area contributed by atoms with Gasteiger partial charge in [-0.15, -0.1) is 0 Å². The first-order chi connectivity index (χ1) is 17.0. The molecule has 35 heavy (non-hydrogen) atoms. The van der Waals surface area contributed by atoms with Crippen molar-refractivity contribution < 1.29 is 23.5 Å². The topological polar surface area (TPSA) is 110 Å². The van der Waals surface area contributed by atoms with E-state index in [4.69, 9.17) is 9.47 Å². The van der Waals surface area contributed by atoms with Crippen LogP contribution in [-0.4, -0.2) is 71.4 Å². The SMILES string of the molecule is C=CC(=O)N1CCN2c3ncc(-c4ccc(OC)c(Nc5ncc(C=O)s5)n4)c(F)c3OCC2C1. The average molecular weight is 497 g/mol. The van der Waals surface area contributed by atoms with Gasteiger partial charge in [-0.3, -0.25) is 9.59 Å². The second-order valence-corrected chi connectivity index (χ2v) is 8.91. The molecule has 0 saturated carbocycles. The van der Waals surface area contributed by atoms with Crippen LogP contribution < -0.4 is 19.7 Å². The maximum atomic E-state index is 15.6. The minimum absolute atomic E-state index is 0.0601. The van der Waals surface area contributed by atoms with Gasteiger partial charge < -0.3 is 24.6 Å². The molecule has 0 spiro atoms. The van der Waals surface area contributed by atoms with Crippen LogP contribution in [-0.2, 0) is 4.79 Å². The monoisotopic (exact) mass is 496 g/mol. The first-order valence-electron chi connectivity index (χ1n) is 10.7. The average Bonchev–Trinajstić information content (AvgIpc) is 3.35. The molecule has 3 aromatic rings. The highest BCUT2D eigenvalue weighted by Gasteiger charge is 2.37. The number of nitrogens with zero attached hydrogens (tertiary/aromatic N) is 5.